The zero-order valence-corrected chi connectivity index (χ0v) is 10.5. The van der Waals surface area contributed by atoms with Gasteiger partial charge in [0, 0.05) is 12.7 Å². The minimum Gasteiger partial charge on any atom is -0.477 e. The topological polar surface area (TPSA) is 75.5 Å². The molecule has 1 fully saturated rings. The van der Waals surface area contributed by atoms with Gasteiger partial charge in [0.15, 0.2) is 5.69 Å². The number of morpholine rings is 1. The number of carboxylic acid groups (broad SMARTS) is 1. The molecule has 0 spiro atoms. The van der Waals surface area contributed by atoms with E-state index in [0.29, 0.717) is 19.1 Å². The molecular formula is C12H17N3O3. The minimum atomic E-state index is -1.03. The summed E-state index contributed by atoms with van der Waals surface area (Å²) in [5, 5.41) is 8.95. The fourth-order valence-electron chi connectivity index (χ4n) is 2.03. The molecule has 1 aliphatic rings. The highest BCUT2D eigenvalue weighted by molar-refractivity contribution is 5.85. The van der Waals surface area contributed by atoms with Crippen LogP contribution in [-0.4, -0.2) is 46.3 Å². The summed E-state index contributed by atoms with van der Waals surface area (Å²) in [7, 11) is 0. The second kappa shape index (κ2) is 5.30. The number of aromatic nitrogens is 2. The molecule has 1 aromatic heterocycles. The number of carboxylic acids is 1. The maximum absolute atomic E-state index is 10.9. The van der Waals surface area contributed by atoms with Crippen LogP contribution in [0.1, 0.15) is 30.8 Å². The highest BCUT2D eigenvalue weighted by atomic mass is 16.5. The first-order valence-electron chi connectivity index (χ1n) is 6.06. The van der Waals surface area contributed by atoms with E-state index in [1.165, 1.54) is 12.3 Å². The number of ether oxygens (including phenoxy) is 1. The highest BCUT2D eigenvalue weighted by Gasteiger charge is 2.27. The van der Waals surface area contributed by atoms with E-state index in [1.54, 1.807) is 0 Å². The summed E-state index contributed by atoms with van der Waals surface area (Å²) in [6, 6.07) is 1.60. The highest BCUT2D eigenvalue weighted by Crippen LogP contribution is 2.19. The molecule has 2 atom stereocenters. The molecule has 0 bridgehead atoms. The van der Waals surface area contributed by atoms with Crippen molar-refractivity contribution in [2.75, 3.05) is 18.1 Å². The van der Waals surface area contributed by atoms with Gasteiger partial charge in [0.05, 0.1) is 18.8 Å². The van der Waals surface area contributed by atoms with Crippen LogP contribution in [0.15, 0.2) is 12.3 Å². The molecule has 0 radical (unpaired) electrons. The van der Waals surface area contributed by atoms with Crippen molar-refractivity contribution in [3.05, 3.63) is 18.0 Å². The number of nitrogens with zero attached hydrogens (tertiary/aromatic N) is 3. The van der Waals surface area contributed by atoms with E-state index >= 15 is 0 Å². The fourth-order valence-corrected chi connectivity index (χ4v) is 2.03. The Kier molecular flexibility index (Phi) is 3.76. The summed E-state index contributed by atoms with van der Waals surface area (Å²) in [6.45, 7) is 5.36. The van der Waals surface area contributed by atoms with Gasteiger partial charge in [-0.1, -0.05) is 6.92 Å². The molecule has 0 aliphatic carbocycles. The van der Waals surface area contributed by atoms with Crippen LogP contribution in [0, 0.1) is 0 Å². The molecule has 1 aromatic rings. The number of hydrogen-bond acceptors (Lipinski definition) is 5. The van der Waals surface area contributed by atoms with Crippen molar-refractivity contribution >= 4 is 11.9 Å². The van der Waals surface area contributed by atoms with Gasteiger partial charge in [0.25, 0.3) is 0 Å². The third-order valence-corrected chi connectivity index (χ3v) is 3.06. The zero-order valence-electron chi connectivity index (χ0n) is 10.5. The molecule has 0 amide bonds. The van der Waals surface area contributed by atoms with E-state index in [-0.39, 0.29) is 17.8 Å². The Bertz CT molecular complexity index is 438. The van der Waals surface area contributed by atoms with Crippen LogP contribution in [0.2, 0.25) is 0 Å². The van der Waals surface area contributed by atoms with E-state index in [4.69, 9.17) is 9.84 Å². The van der Waals surface area contributed by atoms with Crippen molar-refractivity contribution in [1.29, 1.82) is 0 Å². The summed E-state index contributed by atoms with van der Waals surface area (Å²) < 4.78 is 5.60. The van der Waals surface area contributed by atoms with Gasteiger partial charge in [-0.2, -0.15) is 0 Å². The monoisotopic (exact) mass is 251 g/mol. The Morgan fingerprint density at radius 2 is 2.44 bits per heavy atom. The third kappa shape index (κ3) is 2.59. The molecule has 18 heavy (non-hydrogen) atoms. The Morgan fingerprint density at radius 3 is 3.11 bits per heavy atom. The molecule has 0 saturated carbocycles. The van der Waals surface area contributed by atoms with Crippen LogP contribution in [0.3, 0.4) is 0 Å². The van der Waals surface area contributed by atoms with Crippen LogP contribution < -0.4 is 4.90 Å². The molecular weight excluding hydrogens is 234 g/mol. The first-order chi connectivity index (χ1) is 8.61. The summed E-state index contributed by atoms with van der Waals surface area (Å²) in [5.41, 5.74) is 0.0222. The molecule has 6 heteroatoms. The summed E-state index contributed by atoms with van der Waals surface area (Å²) in [4.78, 5) is 21.2. The van der Waals surface area contributed by atoms with Gasteiger partial charge in [0.1, 0.15) is 0 Å². The van der Waals surface area contributed by atoms with Gasteiger partial charge >= 0.3 is 5.97 Å². The van der Waals surface area contributed by atoms with Gasteiger partial charge in [-0.15, -0.1) is 0 Å². The molecule has 98 valence electrons. The van der Waals surface area contributed by atoms with Gasteiger partial charge in [-0.3, -0.25) is 0 Å². The van der Waals surface area contributed by atoms with Gasteiger partial charge in [-0.25, -0.2) is 14.8 Å². The van der Waals surface area contributed by atoms with Crippen molar-refractivity contribution in [1.82, 2.24) is 9.97 Å². The second-order valence-corrected chi connectivity index (χ2v) is 4.41. The lowest BCUT2D eigenvalue weighted by Gasteiger charge is -2.38. The number of hydrogen-bond donors (Lipinski definition) is 1. The predicted molar refractivity (Wildman–Crippen MR) is 65.8 cm³/mol. The van der Waals surface area contributed by atoms with E-state index in [1.807, 2.05) is 11.8 Å². The van der Waals surface area contributed by atoms with E-state index in [2.05, 4.69) is 16.9 Å². The van der Waals surface area contributed by atoms with E-state index < -0.39 is 5.97 Å². The fraction of sp³-hybridized carbons (Fsp3) is 0.583. The molecule has 2 unspecified atom stereocenters. The normalized spacial score (nSPS) is 24.0. The third-order valence-electron chi connectivity index (χ3n) is 3.06. The van der Waals surface area contributed by atoms with E-state index in [9.17, 15) is 4.79 Å². The minimum absolute atomic E-state index is 0.0222. The smallest absolute Gasteiger partial charge is 0.354 e. The lowest BCUT2D eigenvalue weighted by Crippen LogP contribution is -2.49. The van der Waals surface area contributed by atoms with E-state index in [0.717, 1.165) is 6.42 Å². The number of anilines is 1. The van der Waals surface area contributed by atoms with Crippen molar-refractivity contribution in [3.8, 4) is 0 Å². The molecule has 1 N–H and O–H groups in total. The second-order valence-electron chi connectivity index (χ2n) is 4.41. The van der Waals surface area contributed by atoms with Gasteiger partial charge in [-0.05, 0) is 19.4 Å². The first kappa shape index (κ1) is 12.8. The lowest BCUT2D eigenvalue weighted by atomic mass is 10.1. The lowest BCUT2D eigenvalue weighted by molar-refractivity contribution is 0.0292. The molecule has 0 aromatic carbocycles. The Morgan fingerprint density at radius 1 is 1.67 bits per heavy atom. The van der Waals surface area contributed by atoms with Crippen molar-refractivity contribution < 1.29 is 14.6 Å². The molecule has 1 saturated heterocycles. The van der Waals surface area contributed by atoms with Crippen molar-refractivity contribution in [3.63, 3.8) is 0 Å². The van der Waals surface area contributed by atoms with Crippen LogP contribution in [-0.2, 0) is 4.74 Å². The molecule has 6 nitrogen and oxygen atoms in total. The molecule has 2 rings (SSSR count). The summed E-state index contributed by atoms with van der Waals surface area (Å²) in [6.07, 6.45) is 2.50. The van der Waals surface area contributed by atoms with Gasteiger partial charge in [0.2, 0.25) is 5.95 Å². The largest absolute Gasteiger partial charge is 0.477 e. The van der Waals surface area contributed by atoms with Crippen molar-refractivity contribution in [2.45, 2.75) is 32.4 Å². The Balaban J connectivity index is 2.27. The Hall–Kier alpha value is -1.69. The van der Waals surface area contributed by atoms with Crippen LogP contribution in [0.4, 0.5) is 5.95 Å². The average Bonchev–Trinajstić information content (AvgIpc) is 2.39. The molecule has 1 aliphatic heterocycles. The predicted octanol–water partition coefficient (Wildman–Crippen LogP) is 1.18. The standard InChI is InChI=1S/C12H17N3O3/c1-3-9-7-18-8(2)6-15(9)12-13-5-4-10(14-12)11(16)17/h4-5,8-9H,3,6-7H2,1-2H3,(H,16,17). The quantitative estimate of drug-likeness (QED) is 0.869. The van der Waals surface area contributed by atoms with Crippen LogP contribution in [0.5, 0.6) is 0 Å². The van der Waals surface area contributed by atoms with Crippen LogP contribution in [0.25, 0.3) is 0 Å². The summed E-state index contributed by atoms with van der Waals surface area (Å²) in [5.74, 6) is -0.565. The number of rotatable bonds is 3. The maximum Gasteiger partial charge on any atom is 0.354 e. The number of aromatic carboxylic acids is 1. The van der Waals surface area contributed by atoms with Crippen molar-refractivity contribution in [2.24, 2.45) is 0 Å². The zero-order chi connectivity index (χ0) is 13.1. The first-order valence-corrected chi connectivity index (χ1v) is 6.06. The summed E-state index contributed by atoms with van der Waals surface area (Å²) >= 11 is 0. The maximum atomic E-state index is 10.9. The van der Waals surface area contributed by atoms with Gasteiger partial charge < -0.3 is 14.7 Å². The number of carbonyl (C=O) groups is 1. The average molecular weight is 251 g/mol. The van der Waals surface area contributed by atoms with Crippen LogP contribution >= 0.6 is 0 Å². The Labute approximate surface area is 106 Å². The SMILES string of the molecule is CCC1COC(C)CN1c1nccc(C(=O)O)n1. The molecule has 2 heterocycles.